The second kappa shape index (κ2) is 8.76. The van der Waals surface area contributed by atoms with Crippen molar-refractivity contribution in [1.82, 2.24) is 4.98 Å². The molecule has 0 atom stereocenters. The molecule has 1 heterocycles. The summed E-state index contributed by atoms with van der Waals surface area (Å²) in [6.45, 7) is 1.36. The number of aromatic nitrogens is 1. The van der Waals surface area contributed by atoms with Gasteiger partial charge in [-0.25, -0.2) is 4.98 Å². The number of ether oxygens (including phenoxy) is 1. The number of nitrogens with zero attached hydrogens (tertiary/aromatic N) is 1. The summed E-state index contributed by atoms with van der Waals surface area (Å²) in [4.78, 5) is 14.9. The Balaban J connectivity index is 0.00000220. The number of halogens is 3. The molecule has 0 N–H and O–H groups in total. The van der Waals surface area contributed by atoms with E-state index in [1.807, 2.05) is 0 Å². The summed E-state index contributed by atoms with van der Waals surface area (Å²) in [7, 11) is 0. The fourth-order valence-electron chi connectivity index (χ4n) is 1.48. The minimum absolute atomic E-state index is 0. The zero-order valence-electron chi connectivity index (χ0n) is 10.4. The molecule has 0 saturated carbocycles. The first kappa shape index (κ1) is 21.2. The van der Waals surface area contributed by atoms with Crippen molar-refractivity contribution in [3.63, 3.8) is 0 Å². The molecule has 1 aromatic heterocycles. The van der Waals surface area contributed by atoms with E-state index < -0.39 is 17.7 Å². The molecule has 0 aliphatic heterocycles. The molecule has 0 aliphatic carbocycles. The Morgan fingerprint density at radius 2 is 1.86 bits per heavy atom. The number of alkyl halides is 3. The normalized spacial score (nSPS) is 10.4. The van der Waals surface area contributed by atoms with Crippen LogP contribution in [0.1, 0.15) is 18.2 Å². The van der Waals surface area contributed by atoms with E-state index >= 15 is 0 Å². The zero-order valence-corrected chi connectivity index (χ0v) is 11.2. The number of hydrogen-bond donors (Lipinski definition) is 0. The van der Waals surface area contributed by atoms with Crippen molar-refractivity contribution in [3.8, 4) is 10.6 Å². The third-order valence-electron chi connectivity index (χ3n) is 2.43. The molecule has 0 unspecified atom stereocenters. The maximum atomic E-state index is 12.4. The summed E-state index contributed by atoms with van der Waals surface area (Å²) in [6, 6.07) is 4.78. The molecule has 0 radical (unpaired) electrons. The van der Waals surface area contributed by atoms with Gasteiger partial charge in [-0.1, -0.05) is 12.1 Å². The molecule has 0 spiro atoms. The summed E-state index contributed by atoms with van der Waals surface area (Å²) >= 11 is 1.28. The molecule has 9 heteroatoms. The molecular weight excluding hydrogens is 325 g/mol. The van der Waals surface area contributed by atoms with Crippen LogP contribution in [-0.4, -0.2) is 47.2 Å². The monoisotopic (exact) mass is 339 g/mol. The van der Waals surface area contributed by atoms with E-state index in [-0.39, 0.29) is 42.8 Å². The molecule has 0 aliphatic rings. The number of rotatable bonds is 3. The number of carbonyl (C=O) groups excluding carboxylic acids is 1. The number of thiazole rings is 1. The number of carbonyl (C=O) groups is 1. The van der Waals surface area contributed by atoms with Gasteiger partial charge < -0.3 is 4.74 Å². The number of esters is 1. The van der Waals surface area contributed by atoms with Gasteiger partial charge in [-0.15, -0.1) is 11.3 Å². The van der Waals surface area contributed by atoms with Crippen molar-refractivity contribution >= 4 is 53.5 Å². The van der Waals surface area contributed by atoms with Gasteiger partial charge in [0.25, 0.3) is 0 Å². The third-order valence-corrected chi connectivity index (χ3v) is 3.37. The molecule has 0 saturated heterocycles. The second-order valence-corrected chi connectivity index (χ2v) is 4.86. The van der Waals surface area contributed by atoms with Crippen LogP contribution in [0.25, 0.3) is 10.6 Å². The maximum absolute atomic E-state index is 12.4. The van der Waals surface area contributed by atoms with E-state index in [0.717, 1.165) is 12.1 Å². The van der Waals surface area contributed by atoms with Crippen LogP contribution in [0.5, 0.6) is 0 Å². The summed E-state index contributed by atoms with van der Waals surface area (Å²) in [6.07, 6.45) is -4.35. The molecule has 0 bridgehead atoms. The first-order valence-corrected chi connectivity index (χ1v) is 6.49. The quantitative estimate of drug-likeness (QED) is 0.635. The van der Waals surface area contributed by atoms with Crippen molar-refractivity contribution in [3.05, 3.63) is 40.9 Å². The van der Waals surface area contributed by atoms with Crippen LogP contribution in [0.2, 0.25) is 0 Å². The van der Waals surface area contributed by atoms with E-state index in [9.17, 15) is 18.0 Å². The van der Waals surface area contributed by atoms with Gasteiger partial charge in [0.2, 0.25) is 0 Å². The minimum atomic E-state index is -4.35. The first-order chi connectivity index (χ1) is 9.36. The van der Waals surface area contributed by atoms with Crippen molar-refractivity contribution in [1.29, 1.82) is 0 Å². The predicted octanol–water partition coefficient (Wildman–Crippen LogP) is 2.06. The molecule has 2 rings (SSSR count). The first-order valence-electron chi connectivity index (χ1n) is 5.61. The fourth-order valence-corrected chi connectivity index (χ4v) is 2.29. The van der Waals surface area contributed by atoms with Gasteiger partial charge in [-0.3, -0.25) is 4.79 Å². The van der Waals surface area contributed by atoms with Crippen LogP contribution in [0.4, 0.5) is 13.2 Å². The Morgan fingerprint density at radius 3 is 2.36 bits per heavy atom. The predicted molar refractivity (Wildman–Crippen MR) is 85.1 cm³/mol. The van der Waals surface area contributed by atoms with Gasteiger partial charge in [0.05, 0.1) is 11.3 Å². The average Bonchev–Trinajstić information content (AvgIpc) is 2.84. The van der Waals surface area contributed by atoms with Crippen LogP contribution in [0.3, 0.4) is 0 Å². The second-order valence-electron chi connectivity index (χ2n) is 4.00. The van der Waals surface area contributed by atoms with Crippen LogP contribution in [0, 0.1) is 0 Å². The van der Waals surface area contributed by atoms with Crippen molar-refractivity contribution in [2.24, 2.45) is 0 Å². The number of benzene rings is 1. The Kier molecular flexibility index (Phi) is 8.46. The van der Waals surface area contributed by atoms with Crippen LogP contribution in [-0.2, 0) is 22.3 Å². The summed E-state index contributed by atoms with van der Waals surface area (Å²) in [5, 5.41) is 2.29. The van der Waals surface area contributed by atoms with Gasteiger partial charge >= 0.3 is 31.0 Å². The Labute approximate surface area is 152 Å². The van der Waals surface area contributed by atoms with E-state index in [1.165, 1.54) is 30.4 Å². The molecule has 114 valence electrons. The number of hydrogen-bond acceptors (Lipinski definition) is 4. The molecule has 22 heavy (non-hydrogen) atoms. The molecule has 3 nitrogen and oxygen atoms in total. The fraction of sp³-hybridized carbons (Fsp3) is 0.231. The summed E-state index contributed by atoms with van der Waals surface area (Å²) in [5.41, 5.74) is 0.468. The van der Waals surface area contributed by atoms with Gasteiger partial charge in [0.15, 0.2) is 17.4 Å². The standard InChI is InChI=1S/C13H10F3NO2S.Al.Li.4H/c1-8(18)19-6-11-7-20-12(17-11)9-2-4-10(5-3-9)13(14,15)16;;;;;;/h2-5,7H,6H2,1H3;;;;;;. The Hall–Kier alpha value is -0.760. The van der Waals surface area contributed by atoms with Crippen molar-refractivity contribution in [2.45, 2.75) is 19.7 Å². The Bertz CT molecular complexity index is 616. The van der Waals surface area contributed by atoms with Crippen LogP contribution in [0.15, 0.2) is 29.6 Å². The topological polar surface area (TPSA) is 39.2 Å². The van der Waals surface area contributed by atoms with Gasteiger partial charge in [-0.2, -0.15) is 13.2 Å². The molecule has 1 aromatic carbocycles. The molecular formula is C13H14AlF3LiNO2S. The Morgan fingerprint density at radius 1 is 1.27 bits per heavy atom. The third kappa shape index (κ3) is 5.79. The van der Waals surface area contributed by atoms with Crippen LogP contribution < -0.4 is 0 Å². The van der Waals surface area contributed by atoms with Gasteiger partial charge in [0.1, 0.15) is 11.6 Å². The van der Waals surface area contributed by atoms with Crippen molar-refractivity contribution < 1.29 is 22.7 Å². The molecule has 0 fully saturated rings. The van der Waals surface area contributed by atoms with E-state index in [2.05, 4.69) is 4.98 Å². The summed E-state index contributed by atoms with van der Waals surface area (Å²) < 4.78 is 42.1. The van der Waals surface area contributed by atoms with Crippen molar-refractivity contribution in [2.75, 3.05) is 0 Å². The van der Waals surface area contributed by atoms with Crippen LogP contribution >= 0.6 is 11.3 Å². The van der Waals surface area contributed by atoms with Gasteiger partial charge in [-0.05, 0) is 12.1 Å². The molecule has 2 aromatic rings. The summed E-state index contributed by atoms with van der Waals surface area (Å²) in [5.74, 6) is -0.408. The zero-order chi connectivity index (χ0) is 14.8. The molecule has 0 amide bonds. The SMILES string of the molecule is CC(=O)OCc1csc(-c2ccc(C(F)(F)F)cc2)n1.[AlH3].[LiH]. The van der Waals surface area contributed by atoms with E-state index in [4.69, 9.17) is 4.74 Å². The average molecular weight is 339 g/mol. The van der Waals surface area contributed by atoms with Gasteiger partial charge in [0, 0.05) is 17.9 Å². The van der Waals surface area contributed by atoms with E-state index in [1.54, 1.807) is 5.38 Å². The van der Waals surface area contributed by atoms with E-state index in [0.29, 0.717) is 16.3 Å².